The van der Waals surface area contributed by atoms with Crippen LogP contribution in [0.1, 0.15) is 22.3 Å². The molecule has 0 amide bonds. The predicted molar refractivity (Wildman–Crippen MR) is 238 cm³/mol. The fraction of sp³-hybridized carbons (Fsp3) is 0.0952. The molecule has 0 atom stereocenters. The van der Waals surface area contributed by atoms with Crippen LogP contribution in [0.5, 0.6) is 11.5 Å². The summed E-state index contributed by atoms with van der Waals surface area (Å²) in [5.41, 5.74) is 0.605. The predicted octanol–water partition coefficient (Wildman–Crippen LogP) is -3.41. The van der Waals surface area contributed by atoms with Gasteiger partial charge in [-0.1, -0.05) is 12.2 Å². The molecule has 364 valence electrons. The van der Waals surface area contributed by atoms with Gasteiger partial charge in [-0.25, -0.2) is 33.7 Å². The molecule has 6 aromatic carbocycles. The smallest absolute Gasteiger partial charge is 0.744 e. The van der Waals surface area contributed by atoms with Crippen LogP contribution >= 0.6 is 0 Å². The minimum Gasteiger partial charge on any atom is -0.744 e. The molecule has 0 unspecified atom stereocenters. The van der Waals surface area contributed by atoms with Crippen molar-refractivity contribution in [2.24, 2.45) is 30.7 Å². The number of azo groups is 4. The van der Waals surface area contributed by atoms with E-state index in [2.05, 4.69) is 30.7 Å². The fourth-order valence-electron chi connectivity index (χ4n) is 6.11. The van der Waals surface area contributed by atoms with Gasteiger partial charge in [0.25, 0.3) is 11.4 Å². The van der Waals surface area contributed by atoms with E-state index in [0.717, 1.165) is 60.7 Å². The summed E-state index contributed by atoms with van der Waals surface area (Å²) in [6, 6.07) is 21.1. The summed E-state index contributed by atoms with van der Waals surface area (Å²) in [6.07, 6.45) is 2.05. The second kappa shape index (κ2) is 27.6. The molecule has 0 spiro atoms. The van der Waals surface area contributed by atoms with Crippen molar-refractivity contribution in [3.63, 3.8) is 0 Å². The van der Waals surface area contributed by atoms with Gasteiger partial charge in [-0.3, -0.25) is 10.4 Å². The van der Waals surface area contributed by atoms with Crippen molar-refractivity contribution in [1.29, 1.82) is 0 Å². The SMILES string of the molecule is COc1cc(N=Nc2ccc(S(=O)(=O)[O-])cc2)c(C)cc1N=[N+](O)c1ccc(/C=C/c2ccc([N+](O)=Nc3cc(C)c(N=Nc4ccc(S(=O)(=O)[O-])cc4)cc3OC)cc2S(=O)(=O)[O-])c(S(=O)(=O)[O-])c1.[Na+].[Na+].[Na+].[Na+]. The van der Waals surface area contributed by atoms with Gasteiger partial charge in [0.05, 0.1) is 66.8 Å². The molecule has 6 rings (SSSR count). The molecule has 6 aromatic rings. The molecule has 24 nitrogen and oxygen atoms in total. The third kappa shape index (κ3) is 17.4. The molecule has 0 aromatic heterocycles. The topological polar surface area (TPSA) is 368 Å². The molecule has 0 saturated carbocycles. The largest absolute Gasteiger partial charge is 1.00 e. The molecule has 0 radical (unpaired) electrons. The summed E-state index contributed by atoms with van der Waals surface area (Å²) in [5.74, 6) is 0.0963. The monoisotopic (exact) mass is 1130 g/mol. The van der Waals surface area contributed by atoms with Gasteiger partial charge in [0, 0.05) is 36.4 Å². The molecule has 2 N–H and O–H groups in total. The number of hydrogen-bond acceptors (Lipinski definition) is 20. The van der Waals surface area contributed by atoms with Crippen LogP contribution in [-0.2, 0) is 40.5 Å². The average molecular weight is 1130 g/mol. The molecule has 0 aliphatic rings. The molecule has 0 aliphatic heterocycles. The Morgan fingerprint density at radius 1 is 0.446 bits per heavy atom. The first-order valence-electron chi connectivity index (χ1n) is 19.4. The fourth-order valence-corrected chi connectivity index (χ4v) is 8.43. The maximum Gasteiger partial charge on any atom is 1.00 e. The minimum absolute atomic E-state index is 0. The second-order valence-corrected chi connectivity index (χ2v) is 19.8. The summed E-state index contributed by atoms with van der Waals surface area (Å²) < 4.78 is 153. The van der Waals surface area contributed by atoms with Crippen molar-refractivity contribution < 1.29 is 200 Å². The zero-order chi connectivity index (χ0) is 51.3. The second-order valence-electron chi connectivity index (χ2n) is 14.4. The van der Waals surface area contributed by atoms with Crippen LogP contribution in [0.15, 0.2) is 159 Å². The van der Waals surface area contributed by atoms with E-state index in [1.807, 2.05) is 0 Å². The maximum atomic E-state index is 12.5. The van der Waals surface area contributed by atoms with E-state index in [4.69, 9.17) is 9.47 Å². The molecule has 0 fully saturated rings. The van der Waals surface area contributed by atoms with Crippen LogP contribution < -0.4 is 128 Å². The van der Waals surface area contributed by atoms with Crippen molar-refractivity contribution in [2.45, 2.75) is 33.4 Å². The third-order valence-electron chi connectivity index (χ3n) is 9.63. The number of benzene rings is 6. The van der Waals surface area contributed by atoms with Gasteiger partial charge < -0.3 is 27.7 Å². The van der Waals surface area contributed by atoms with Gasteiger partial charge in [-0.2, -0.15) is 20.5 Å². The first-order chi connectivity index (χ1) is 32.7. The standard InChI is InChI=1S/C42H36N8O16S4.4Na/c1-25-19-37(39(65-3)23-35(25)45-43-29-9-15-33(16-10-29)67(53,54)55)47-49(51)31-13-7-27(41(21-31)69(59,60)61)5-6-28-8-14-32(22-42(28)70(62,63)64)50(52)48-38-20-26(2)36(24-40(38)66-4)46-44-30-11-17-34(18-12-30)68(56,57)58;;;;/h5-24H,1-4H3,(H4-2,47,48,51,52,53,54,55,56,57,58,59,60,61,62,63,64);;;;/q;4*+1/p-2/b6-5+;;;;. The number of aryl methyl sites for hydroxylation is 2. The van der Waals surface area contributed by atoms with Crippen molar-refractivity contribution >= 4 is 98.1 Å². The third-order valence-corrected chi connectivity index (χ3v) is 13.1. The van der Waals surface area contributed by atoms with Gasteiger partial charge in [0.2, 0.25) is 0 Å². The van der Waals surface area contributed by atoms with E-state index in [9.17, 15) is 62.3 Å². The van der Waals surface area contributed by atoms with E-state index >= 15 is 0 Å². The van der Waals surface area contributed by atoms with E-state index < -0.39 is 60.1 Å². The minimum atomic E-state index is -5.31. The Labute approximate surface area is 512 Å². The molecule has 0 aliphatic carbocycles. The van der Waals surface area contributed by atoms with E-state index in [0.29, 0.717) is 11.1 Å². The summed E-state index contributed by atoms with van der Waals surface area (Å²) in [4.78, 5) is -2.16. The molecule has 0 saturated heterocycles. The number of rotatable bonds is 16. The van der Waals surface area contributed by atoms with Crippen LogP contribution in [0.2, 0.25) is 0 Å². The summed E-state index contributed by atoms with van der Waals surface area (Å²) in [5, 5.41) is 46.2. The first kappa shape index (κ1) is 66.4. The Morgan fingerprint density at radius 3 is 1.05 bits per heavy atom. The Hall–Kier alpha value is -3.70. The molecule has 0 bridgehead atoms. The van der Waals surface area contributed by atoms with Gasteiger partial charge in [-0.15, -0.1) is 0 Å². The normalized spacial score (nSPS) is 12.4. The molecular weight excluding hydrogens is 1090 g/mol. The summed E-state index contributed by atoms with van der Waals surface area (Å²) in [6.45, 7) is 3.22. The van der Waals surface area contributed by atoms with E-state index in [-0.39, 0.29) is 196 Å². The quantitative estimate of drug-likeness (QED) is 0.0238. The van der Waals surface area contributed by atoms with Crippen molar-refractivity contribution in [1.82, 2.24) is 0 Å². The van der Waals surface area contributed by atoms with Gasteiger partial charge in [-0.05, 0) is 109 Å². The number of ether oxygens (including phenoxy) is 2. The average Bonchev–Trinajstić information content (AvgIpc) is 3.29. The van der Waals surface area contributed by atoms with Crippen LogP contribution in [-0.4, -0.2) is 86.2 Å². The van der Waals surface area contributed by atoms with Crippen LogP contribution in [0.4, 0.5) is 45.5 Å². The van der Waals surface area contributed by atoms with Crippen molar-refractivity contribution in [3.8, 4) is 11.5 Å². The van der Waals surface area contributed by atoms with Crippen LogP contribution in [0, 0.1) is 13.8 Å². The number of nitrogens with zero attached hydrogens (tertiary/aromatic N) is 8. The van der Waals surface area contributed by atoms with Crippen molar-refractivity contribution in [3.05, 3.63) is 131 Å². The van der Waals surface area contributed by atoms with Crippen LogP contribution in [0.3, 0.4) is 0 Å². The van der Waals surface area contributed by atoms with Crippen LogP contribution in [0.25, 0.3) is 12.2 Å². The Morgan fingerprint density at radius 2 is 0.770 bits per heavy atom. The van der Waals surface area contributed by atoms with Gasteiger partial charge in [0.15, 0.2) is 22.9 Å². The van der Waals surface area contributed by atoms with Gasteiger partial charge >= 0.3 is 118 Å². The number of methoxy groups -OCH3 is 2. The number of hydrogen-bond donors (Lipinski definition) is 2. The molecule has 0 heterocycles. The Bertz CT molecular complexity index is 3440. The summed E-state index contributed by atoms with van der Waals surface area (Å²) in [7, 11) is -17.4. The molecule has 74 heavy (non-hydrogen) atoms. The zero-order valence-corrected chi connectivity index (χ0v) is 51.6. The summed E-state index contributed by atoms with van der Waals surface area (Å²) >= 11 is 0. The van der Waals surface area contributed by atoms with E-state index in [1.165, 1.54) is 74.9 Å². The Kier molecular flexibility index (Phi) is 24.7. The Balaban J connectivity index is 0.00000469. The van der Waals surface area contributed by atoms with Crippen molar-refractivity contribution in [2.75, 3.05) is 14.2 Å². The van der Waals surface area contributed by atoms with E-state index in [1.54, 1.807) is 13.8 Å². The molecular formula is C42H34N8Na4O16S4+2. The maximum absolute atomic E-state index is 12.5. The van der Waals surface area contributed by atoms with Gasteiger partial charge in [0.1, 0.15) is 50.2 Å². The molecule has 32 heteroatoms. The first-order valence-corrected chi connectivity index (χ1v) is 25.0. The zero-order valence-electron chi connectivity index (χ0n) is 40.4.